The van der Waals surface area contributed by atoms with Crippen molar-refractivity contribution in [3.63, 3.8) is 0 Å². The smallest absolute Gasteiger partial charge is 0.0190 e. The summed E-state index contributed by atoms with van der Waals surface area (Å²) in [6.07, 6.45) is 2.33. The molecule has 0 saturated carbocycles. The number of rotatable bonds is 3. The van der Waals surface area contributed by atoms with E-state index in [1.165, 1.54) is 17.7 Å². The standard InChI is InChI=1S/C18H24S/c1-5-15-12-19-17(6-2)18(14(4)13(15)3)16-10-8-7-9-11-16/h7-11,14H,5-6,12H2,1-4H3. The lowest BCUT2D eigenvalue weighted by atomic mass is 9.85. The van der Waals surface area contributed by atoms with Crippen molar-refractivity contribution in [3.05, 3.63) is 51.9 Å². The van der Waals surface area contributed by atoms with Crippen LogP contribution in [0.4, 0.5) is 0 Å². The van der Waals surface area contributed by atoms with Gasteiger partial charge in [-0.05, 0) is 35.8 Å². The van der Waals surface area contributed by atoms with Crippen molar-refractivity contribution in [1.29, 1.82) is 0 Å². The summed E-state index contributed by atoms with van der Waals surface area (Å²) < 4.78 is 0. The molecule has 1 aromatic carbocycles. The van der Waals surface area contributed by atoms with Crippen LogP contribution in [0.15, 0.2) is 46.4 Å². The molecule has 1 atom stereocenters. The third kappa shape index (κ3) is 2.97. The molecule has 1 heteroatoms. The molecule has 0 spiro atoms. The highest BCUT2D eigenvalue weighted by atomic mass is 32.2. The van der Waals surface area contributed by atoms with Crippen molar-refractivity contribution >= 4 is 17.3 Å². The van der Waals surface area contributed by atoms with E-state index >= 15 is 0 Å². The van der Waals surface area contributed by atoms with Crippen molar-refractivity contribution < 1.29 is 0 Å². The molecule has 0 radical (unpaired) electrons. The molecule has 0 aliphatic carbocycles. The van der Waals surface area contributed by atoms with E-state index in [2.05, 4.69) is 58.0 Å². The van der Waals surface area contributed by atoms with Gasteiger partial charge in [-0.25, -0.2) is 0 Å². The second-order valence-corrected chi connectivity index (χ2v) is 6.28. The third-order valence-corrected chi connectivity index (χ3v) is 5.54. The van der Waals surface area contributed by atoms with Crippen molar-refractivity contribution in [1.82, 2.24) is 0 Å². The quantitative estimate of drug-likeness (QED) is 0.616. The van der Waals surface area contributed by atoms with Gasteiger partial charge >= 0.3 is 0 Å². The number of allylic oxidation sites excluding steroid dienone is 3. The SMILES string of the molecule is CCC1=C(C)C(C)C(c2ccccc2)=C(CC)SC1. The van der Waals surface area contributed by atoms with Crippen LogP contribution in [0.3, 0.4) is 0 Å². The first-order valence-corrected chi connectivity index (χ1v) is 8.27. The number of hydrogen-bond acceptors (Lipinski definition) is 1. The Morgan fingerprint density at radius 2 is 1.79 bits per heavy atom. The second kappa shape index (κ2) is 6.47. The molecule has 0 nitrogen and oxygen atoms in total. The van der Waals surface area contributed by atoms with Crippen LogP contribution >= 0.6 is 11.8 Å². The molecular weight excluding hydrogens is 248 g/mol. The first kappa shape index (κ1) is 14.5. The van der Waals surface area contributed by atoms with Crippen LogP contribution in [0, 0.1) is 5.92 Å². The fraction of sp³-hybridized carbons (Fsp3) is 0.444. The Balaban J connectivity index is 2.52. The lowest BCUT2D eigenvalue weighted by Crippen LogP contribution is -2.03. The molecule has 19 heavy (non-hydrogen) atoms. The highest BCUT2D eigenvalue weighted by Crippen LogP contribution is 2.42. The summed E-state index contributed by atoms with van der Waals surface area (Å²) in [4.78, 5) is 1.57. The van der Waals surface area contributed by atoms with Gasteiger partial charge in [0.25, 0.3) is 0 Å². The molecular formula is C18H24S. The minimum absolute atomic E-state index is 0.544. The Morgan fingerprint density at radius 3 is 2.37 bits per heavy atom. The van der Waals surface area contributed by atoms with Crippen LogP contribution < -0.4 is 0 Å². The van der Waals surface area contributed by atoms with Crippen LogP contribution in [-0.4, -0.2) is 5.75 Å². The van der Waals surface area contributed by atoms with Crippen LogP contribution in [0.1, 0.15) is 46.1 Å². The summed E-state index contributed by atoms with van der Waals surface area (Å²) in [5.74, 6) is 1.72. The summed E-state index contributed by atoms with van der Waals surface area (Å²) in [7, 11) is 0. The molecule has 0 amide bonds. The molecule has 0 aromatic heterocycles. The molecule has 2 rings (SSSR count). The van der Waals surface area contributed by atoms with Crippen LogP contribution in [0.2, 0.25) is 0 Å². The maximum Gasteiger partial charge on any atom is 0.0190 e. The fourth-order valence-electron chi connectivity index (χ4n) is 2.83. The van der Waals surface area contributed by atoms with Crippen LogP contribution in [0.25, 0.3) is 5.57 Å². The monoisotopic (exact) mass is 272 g/mol. The molecule has 102 valence electrons. The lowest BCUT2D eigenvalue weighted by Gasteiger charge is -2.20. The van der Waals surface area contributed by atoms with Crippen molar-refractivity contribution in [3.8, 4) is 0 Å². The molecule has 1 aliphatic heterocycles. The summed E-state index contributed by atoms with van der Waals surface area (Å²) in [5.41, 5.74) is 6.16. The Bertz CT molecular complexity index is 494. The van der Waals surface area contributed by atoms with E-state index in [-0.39, 0.29) is 0 Å². The van der Waals surface area contributed by atoms with E-state index in [0.717, 1.165) is 6.42 Å². The predicted molar refractivity (Wildman–Crippen MR) is 88.3 cm³/mol. The summed E-state index contributed by atoms with van der Waals surface area (Å²) in [5, 5.41) is 0. The first-order valence-electron chi connectivity index (χ1n) is 7.28. The largest absolute Gasteiger partial charge is 0.126 e. The highest BCUT2D eigenvalue weighted by molar-refractivity contribution is 8.03. The number of hydrogen-bond donors (Lipinski definition) is 0. The molecule has 0 saturated heterocycles. The second-order valence-electron chi connectivity index (χ2n) is 5.21. The van der Waals surface area contributed by atoms with E-state index in [0.29, 0.717) is 5.92 Å². The van der Waals surface area contributed by atoms with Gasteiger partial charge < -0.3 is 0 Å². The summed E-state index contributed by atoms with van der Waals surface area (Å²) in [6, 6.07) is 10.9. The normalized spacial score (nSPS) is 20.7. The van der Waals surface area contributed by atoms with Gasteiger partial charge in [-0.1, -0.05) is 62.2 Å². The Labute approximate surface area is 122 Å². The minimum atomic E-state index is 0.544. The zero-order valence-corrected chi connectivity index (χ0v) is 13.3. The molecule has 1 aliphatic rings. The first-order chi connectivity index (χ1) is 9.19. The van der Waals surface area contributed by atoms with Gasteiger partial charge in [0, 0.05) is 11.7 Å². The zero-order chi connectivity index (χ0) is 13.8. The van der Waals surface area contributed by atoms with E-state index in [1.54, 1.807) is 21.6 Å². The molecule has 0 bridgehead atoms. The fourth-order valence-corrected chi connectivity index (χ4v) is 4.27. The van der Waals surface area contributed by atoms with Crippen LogP contribution in [-0.2, 0) is 0 Å². The molecule has 1 heterocycles. The Kier molecular flexibility index (Phi) is 4.93. The van der Waals surface area contributed by atoms with E-state index in [4.69, 9.17) is 0 Å². The van der Waals surface area contributed by atoms with Gasteiger partial charge in [0.1, 0.15) is 0 Å². The summed E-state index contributed by atoms with van der Waals surface area (Å²) >= 11 is 2.05. The molecule has 1 aromatic rings. The van der Waals surface area contributed by atoms with Crippen molar-refractivity contribution in [2.45, 2.75) is 40.5 Å². The summed E-state index contributed by atoms with van der Waals surface area (Å²) in [6.45, 7) is 9.26. The van der Waals surface area contributed by atoms with Crippen LogP contribution in [0.5, 0.6) is 0 Å². The van der Waals surface area contributed by atoms with E-state index in [9.17, 15) is 0 Å². The predicted octanol–water partition coefficient (Wildman–Crippen LogP) is 5.92. The maximum absolute atomic E-state index is 2.37. The molecule has 0 fully saturated rings. The van der Waals surface area contributed by atoms with Gasteiger partial charge in [0.15, 0.2) is 0 Å². The maximum atomic E-state index is 2.37. The van der Waals surface area contributed by atoms with Crippen molar-refractivity contribution in [2.24, 2.45) is 5.92 Å². The van der Waals surface area contributed by atoms with Gasteiger partial charge in [0.2, 0.25) is 0 Å². The van der Waals surface area contributed by atoms with E-state index < -0.39 is 0 Å². The van der Waals surface area contributed by atoms with Gasteiger partial charge in [0.05, 0.1) is 0 Å². The third-order valence-electron chi connectivity index (χ3n) is 4.19. The topological polar surface area (TPSA) is 0 Å². The number of benzene rings is 1. The minimum Gasteiger partial charge on any atom is -0.126 e. The highest BCUT2D eigenvalue weighted by Gasteiger charge is 2.22. The van der Waals surface area contributed by atoms with Gasteiger partial charge in [-0.15, -0.1) is 11.8 Å². The molecule has 0 N–H and O–H groups in total. The number of thioether (sulfide) groups is 1. The Hall–Kier alpha value is -0.950. The van der Waals surface area contributed by atoms with Gasteiger partial charge in [-0.2, -0.15) is 0 Å². The van der Waals surface area contributed by atoms with E-state index in [1.807, 2.05) is 11.8 Å². The zero-order valence-electron chi connectivity index (χ0n) is 12.5. The van der Waals surface area contributed by atoms with Gasteiger partial charge in [-0.3, -0.25) is 0 Å². The average molecular weight is 272 g/mol. The Morgan fingerprint density at radius 1 is 1.11 bits per heavy atom. The average Bonchev–Trinajstić information content (AvgIpc) is 2.57. The lowest BCUT2D eigenvalue weighted by molar-refractivity contribution is 0.848. The van der Waals surface area contributed by atoms with Crippen molar-refractivity contribution in [2.75, 3.05) is 5.75 Å². The molecule has 1 unspecified atom stereocenters.